The van der Waals surface area contributed by atoms with E-state index in [9.17, 15) is 8.78 Å². The number of rotatable bonds is 5. The van der Waals surface area contributed by atoms with E-state index in [2.05, 4.69) is 22.8 Å². The normalized spacial score (nSPS) is 10.2. The van der Waals surface area contributed by atoms with E-state index in [1.165, 1.54) is 11.6 Å². The van der Waals surface area contributed by atoms with Crippen LogP contribution in [0, 0.1) is 11.6 Å². The molecule has 0 saturated heterocycles. The lowest BCUT2D eigenvalue weighted by Crippen LogP contribution is -2.35. The van der Waals surface area contributed by atoms with Crippen molar-refractivity contribution in [3.63, 3.8) is 0 Å². The Morgan fingerprint density at radius 1 is 0.905 bits per heavy atom. The lowest BCUT2D eigenvalue weighted by molar-refractivity contribution is 0.507. The quantitative estimate of drug-likeness (QED) is 0.830. The molecule has 2 aromatic rings. The van der Waals surface area contributed by atoms with E-state index in [4.69, 9.17) is 12.2 Å². The van der Waals surface area contributed by atoms with Gasteiger partial charge in [-0.3, -0.25) is 0 Å². The SMILES string of the molecule is Fc1ccc(CNC(=S)NCCc2ccccc2)cc1F. The van der Waals surface area contributed by atoms with Crippen LogP contribution in [0.25, 0.3) is 0 Å². The fourth-order valence-corrected chi connectivity index (χ4v) is 2.03. The van der Waals surface area contributed by atoms with E-state index in [1.54, 1.807) is 0 Å². The first-order chi connectivity index (χ1) is 10.1. The van der Waals surface area contributed by atoms with Crippen LogP contribution in [0.3, 0.4) is 0 Å². The highest BCUT2D eigenvalue weighted by Crippen LogP contribution is 2.08. The molecule has 0 amide bonds. The van der Waals surface area contributed by atoms with E-state index >= 15 is 0 Å². The first-order valence-corrected chi connectivity index (χ1v) is 7.05. The van der Waals surface area contributed by atoms with Gasteiger partial charge >= 0.3 is 0 Å². The smallest absolute Gasteiger partial charge is 0.166 e. The zero-order valence-corrected chi connectivity index (χ0v) is 12.2. The molecule has 0 saturated carbocycles. The van der Waals surface area contributed by atoms with Gasteiger partial charge in [0.2, 0.25) is 0 Å². The summed E-state index contributed by atoms with van der Waals surface area (Å²) in [6, 6.07) is 13.9. The van der Waals surface area contributed by atoms with Crippen LogP contribution >= 0.6 is 12.2 Å². The monoisotopic (exact) mass is 306 g/mol. The van der Waals surface area contributed by atoms with Crippen LogP contribution in [-0.4, -0.2) is 11.7 Å². The Morgan fingerprint density at radius 2 is 1.67 bits per heavy atom. The van der Waals surface area contributed by atoms with Gasteiger partial charge in [0.25, 0.3) is 0 Å². The first kappa shape index (κ1) is 15.4. The molecule has 0 atom stereocenters. The number of benzene rings is 2. The maximum absolute atomic E-state index is 13.0. The topological polar surface area (TPSA) is 24.1 Å². The Kier molecular flexibility index (Phi) is 5.63. The molecule has 5 heteroatoms. The molecule has 0 spiro atoms. The molecular weight excluding hydrogens is 290 g/mol. The zero-order valence-electron chi connectivity index (χ0n) is 11.4. The highest BCUT2D eigenvalue weighted by Gasteiger charge is 2.03. The Hall–Kier alpha value is -2.01. The largest absolute Gasteiger partial charge is 0.362 e. The van der Waals surface area contributed by atoms with Gasteiger partial charge in [0.05, 0.1) is 0 Å². The van der Waals surface area contributed by atoms with Crippen LogP contribution in [0.4, 0.5) is 8.78 Å². The van der Waals surface area contributed by atoms with Crippen molar-refractivity contribution in [2.24, 2.45) is 0 Å². The van der Waals surface area contributed by atoms with Gasteiger partial charge in [-0.25, -0.2) is 8.78 Å². The van der Waals surface area contributed by atoms with Crippen LogP contribution in [0.2, 0.25) is 0 Å². The Morgan fingerprint density at radius 3 is 2.38 bits per heavy atom. The summed E-state index contributed by atoms with van der Waals surface area (Å²) in [6.07, 6.45) is 0.869. The zero-order chi connectivity index (χ0) is 15.1. The van der Waals surface area contributed by atoms with Crippen molar-refractivity contribution in [2.75, 3.05) is 6.54 Å². The van der Waals surface area contributed by atoms with Gasteiger partial charge in [-0.2, -0.15) is 0 Å². The van der Waals surface area contributed by atoms with Crippen molar-refractivity contribution in [1.29, 1.82) is 0 Å². The van der Waals surface area contributed by atoms with E-state index in [0.717, 1.165) is 18.6 Å². The minimum Gasteiger partial charge on any atom is -0.362 e. The minimum atomic E-state index is -0.850. The maximum atomic E-state index is 13.0. The van der Waals surface area contributed by atoms with Gasteiger partial charge in [0, 0.05) is 13.1 Å². The molecule has 2 N–H and O–H groups in total. The molecule has 0 aliphatic carbocycles. The molecule has 0 bridgehead atoms. The maximum Gasteiger partial charge on any atom is 0.166 e. The molecular formula is C16H16F2N2S. The summed E-state index contributed by atoms with van der Waals surface area (Å²) in [5.74, 6) is -1.69. The molecule has 21 heavy (non-hydrogen) atoms. The van der Waals surface area contributed by atoms with E-state index in [1.807, 2.05) is 18.2 Å². The minimum absolute atomic E-state index is 0.356. The number of nitrogens with one attached hydrogen (secondary N) is 2. The summed E-state index contributed by atoms with van der Waals surface area (Å²) in [7, 11) is 0. The Balaban J connectivity index is 1.71. The van der Waals surface area contributed by atoms with Crippen LogP contribution < -0.4 is 10.6 Å². The van der Waals surface area contributed by atoms with Crippen molar-refractivity contribution >= 4 is 17.3 Å². The van der Waals surface area contributed by atoms with E-state index in [-0.39, 0.29) is 0 Å². The van der Waals surface area contributed by atoms with Gasteiger partial charge < -0.3 is 10.6 Å². The van der Waals surface area contributed by atoms with Gasteiger partial charge in [-0.05, 0) is 41.9 Å². The summed E-state index contributed by atoms with van der Waals surface area (Å²) in [5, 5.41) is 6.54. The number of thiocarbonyl (C=S) groups is 1. The molecule has 0 heterocycles. The molecule has 0 aliphatic heterocycles. The first-order valence-electron chi connectivity index (χ1n) is 6.65. The van der Waals surface area contributed by atoms with E-state index in [0.29, 0.717) is 23.8 Å². The summed E-state index contributed by atoms with van der Waals surface area (Å²) >= 11 is 5.14. The summed E-state index contributed by atoms with van der Waals surface area (Å²) in [5.41, 5.74) is 1.87. The second kappa shape index (κ2) is 7.69. The molecule has 0 aromatic heterocycles. The molecule has 2 aromatic carbocycles. The molecule has 2 nitrogen and oxygen atoms in total. The lowest BCUT2D eigenvalue weighted by atomic mass is 10.1. The van der Waals surface area contributed by atoms with Crippen LogP contribution in [0.15, 0.2) is 48.5 Å². The fourth-order valence-electron chi connectivity index (χ4n) is 1.86. The summed E-state index contributed by atoms with van der Waals surface area (Å²) in [4.78, 5) is 0. The summed E-state index contributed by atoms with van der Waals surface area (Å²) in [6.45, 7) is 1.07. The number of hydrogen-bond acceptors (Lipinski definition) is 1. The third-order valence-electron chi connectivity index (χ3n) is 2.98. The summed E-state index contributed by atoms with van der Waals surface area (Å²) < 4.78 is 25.8. The van der Waals surface area contributed by atoms with Crippen molar-refractivity contribution in [1.82, 2.24) is 10.6 Å². The average Bonchev–Trinajstić information content (AvgIpc) is 2.49. The van der Waals surface area contributed by atoms with Gasteiger partial charge in [0.1, 0.15) is 0 Å². The molecule has 0 aliphatic rings. The van der Waals surface area contributed by atoms with Crippen LogP contribution in [-0.2, 0) is 13.0 Å². The Bertz CT molecular complexity index is 602. The molecule has 0 unspecified atom stereocenters. The number of hydrogen-bond donors (Lipinski definition) is 2. The van der Waals surface area contributed by atoms with Crippen LogP contribution in [0.1, 0.15) is 11.1 Å². The van der Waals surface area contributed by atoms with Gasteiger partial charge in [-0.1, -0.05) is 36.4 Å². The van der Waals surface area contributed by atoms with Crippen molar-refractivity contribution in [3.8, 4) is 0 Å². The lowest BCUT2D eigenvalue weighted by Gasteiger charge is -2.10. The number of halogens is 2. The molecule has 0 fully saturated rings. The third-order valence-corrected chi connectivity index (χ3v) is 3.27. The predicted molar refractivity (Wildman–Crippen MR) is 83.9 cm³/mol. The standard InChI is InChI=1S/C16H16F2N2S/c17-14-7-6-13(10-15(14)18)11-20-16(21)19-9-8-12-4-2-1-3-5-12/h1-7,10H,8-9,11H2,(H2,19,20,21). The Labute approximate surface area is 128 Å². The fraction of sp³-hybridized carbons (Fsp3) is 0.188. The highest BCUT2D eigenvalue weighted by atomic mass is 32.1. The highest BCUT2D eigenvalue weighted by molar-refractivity contribution is 7.80. The second-order valence-corrected chi connectivity index (χ2v) is 5.00. The van der Waals surface area contributed by atoms with Crippen molar-refractivity contribution in [3.05, 3.63) is 71.3 Å². The molecule has 2 rings (SSSR count). The van der Waals surface area contributed by atoms with Crippen molar-refractivity contribution in [2.45, 2.75) is 13.0 Å². The van der Waals surface area contributed by atoms with Crippen molar-refractivity contribution < 1.29 is 8.78 Å². The van der Waals surface area contributed by atoms with Crippen LogP contribution in [0.5, 0.6) is 0 Å². The van der Waals surface area contributed by atoms with Gasteiger partial charge in [-0.15, -0.1) is 0 Å². The predicted octanol–water partition coefficient (Wildman–Crippen LogP) is 3.17. The average molecular weight is 306 g/mol. The van der Waals surface area contributed by atoms with Gasteiger partial charge in [0.15, 0.2) is 16.7 Å². The third kappa shape index (κ3) is 5.11. The van der Waals surface area contributed by atoms with E-state index < -0.39 is 11.6 Å². The molecule has 110 valence electrons. The molecule has 0 radical (unpaired) electrons. The second-order valence-electron chi connectivity index (χ2n) is 4.59.